The van der Waals surface area contributed by atoms with Crippen molar-refractivity contribution in [2.24, 2.45) is 34.0 Å². The van der Waals surface area contributed by atoms with E-state index in [1.807, 2.05) is 0 Å². The molecule has 4 atom stereocenters. The van der Waals surface area contributed by atoms with Gasteiger partial charge in [-0.3, -0.25) is 19.4 Å². The summed E-state index contributed by atoms with van der Waals surface area (Å²) in [6.45, 7) is 6.13. The van der Waals surface area contributed by atoms with Gasteiger partial charge in [0.25, 0.3) is 0 Å². The number of hydrogen-bond acceptors (Lipinski definition) is 7. The average molecular weight is 460 g/mol. The van der Waals surface area contributed by atoms with Crippen molar-refractivity contribution in [3.05, 3.63) is 0 Å². The van der Waals surface area contributed by atoms with E-state index in [1.54, 1.807) is 27.7 Å². The Labute approximate surface area is 187 Å². The second-order valence-corrected chi connectivity index (χ2v) is 8.09. The highest BCUT2D eigenvalue weighted by molar-refractivity contribution is 5.94. The lowest BCUT2D eigenvalue weighted by Gasteiger charge is -2.25. The van der Waals surface area contributed by atoms with E-state index in [-0.39, 0.29) is 24.8 Å². The number of guanidine groups is 1. The molecule has 0 saturated heterocycles. The van der Waals surface area contributed by atoms with Gasteiger partial charge in [-0.15, -0.1) is 0 Å². The molecule has 0 aromatic heterocycles. The summed E-state index contributed by atoms with van der Waals surface area (Å²) < 4.78 is 0. The van der Waals surface area contributed by atoms with Crippen LogP contribution in [0.3, 0.4) is 0 Å². The summed E-state index contributed by atoms with van der Waals surface area (Å²) in [5.41, 5.74) is 16.4. The van der Waals surface area contributed by atoms with Crippen LogP contribution in [-0.2, 0) is 19.2 Å². The highest BCUT2D eigenvalue weighted by atomic mass is 16.4. The van der Waals surface area contributed by atoms with Crippen LogP contribution in [0.25, 0.3) is 0 Å². The molecule has 0 radical (unpaired) electrons. The molecular weight excluding hydrogens is 422 g/mol. The zero-order valence-electron chi connectivity index (χ0n) is 19.0. The van der Waals surface area contributed by atoms with Crippen LogP contribution in [0.4, 0.5) is 0 Å². The SMILES string of the molecule is CC(C)C(N)C(=O)NC(CCCN=C(N)N)C(=O)NC(CO)C(=O)NC(C(=O)O)C(C)C. The van der Waals surface area contributed by atoms with Crippen molar-refractivity contribution in [2.75, 3.05) is 13.2 Å². The van der Waals surface area contributed by atoms with Crippen molar-refractivity contribution >= 4 is 29.7 Å². The van der Waals surface area contributed by atoms with Gasteiger partial charge in [-0.25, -0.2) is 4.79 Å². The molecule has 13 heteroatoms. The third-order valence-corrected chi connectivity index (χ3v) is 4.65. The number of aliphatic hydroxyl groups excluding tert-OH is 1. The summed E-state index contributed by atoms with van der Waals surface area (Å²) in [6.07, 6.45) is 0.459. The number of amides is 3. The highest BCUT2D eigenvalue weighted by Crippen LogP contribution is 2.05. The number of carboxylic acids is 1. The molecule has 0 saturated carbocycles. The van der Waals surface area contributed by atoms with E-state index < -0.39 is 60.4 Å². The first-order chi connectivity index (χ1) is 14.8. The van der Waals surface area contributed by atoms with Crippen molar-refractivity contribution in [1.29, 1.82) is 0 Å². The molecule has 0 aliphatic rings. The molecule has 0 spiro atoms. The molecule has 11 N–H and O–H groups in total. The number of nitrogens with two attached hydrogens (primary N) is 3. The molecule has 0 aliphatic carbocycles. The third-order valence-electron chi connectivity index (χ3n) is 4.65. The zero-order chi connectivity index (χ0) is 25.0. The lowest BCUT2D eigenvalue weighted by molar-refractivity contribution is -0.143. The summed E-state index contributed by atoms with van der Waals surface area (Å²) in [4.78, 5) is 52.6. The summed E-state index contributed by atoms with van der Waals surface area (Å²) in [5, 5.41) is 25.9. The van der Waals surface area contributed by atoms with Crippen LogP contribution in [0.5, 0.6) is 0 Å². The molecule has 4 unspecified atom stereocenters. The van der Waals surface area contributed by atoms with E-state index in [1.165, 1.54) is 0 Å². The van der Waals surface area contributed by atoms with Gasteiger partial charge >= 0.3 is 5.97 Å². The Bertz CT molecular complexity index is 679. The number of carbonyl (C=O) groups is 4. The van der Waals surface area contributed by atoms with Gasteiger partial charge in [-0.05, 0) is 24.7 Å². The predicted octanol–water partition coefficient (Wildman–Crippen LogP) is -2.79. The van der Waals surface area contributed by atoms with Gasteiger partial charge in [0.15, 0.2) is 5.96 Å². The first-order valence-electron chi connectivity index (χ1n) is 10.4. The van der Waals surface area contributed by atoms with E-state index >= 15 is 0 Å². The Morgan fingerprint density at radius 3 is 1.84 bits per heavy atom. The van der Waals surface area contributed by atoms with Gasteiger partial charge in [0.1, 0.15) is 18.1 Å². The fourth-order valence-corrected chi connectivity index (χ4v) is 2.58. The normalized spacial score (nSPS) is 14.8. The molecule has 0 rings (SSSR count). The van der Waals surface area contributed by atoms with Gasteiger partial charge in [0.2, 0.25) is 17.7 Å². The summed E-state index contributed by atoms with van der Waals surface area (Å²) in [5.74, 6) is -4.14. The van der Waals surface area contributed by atoms with Gasteiger partial charge in [0.05, 0.1) is 12.6 Å². The molecule has 0 bridgehead atoms. The number of nitrogens with zero attached hydrogens (tertiary/aromatic N) is 1. The zero-order valence-corrected chi connectivity index (χ0v) is 19.0. The van der Waals surface area contributed by atoms with Crippen molar-refractivity contribution < 1.29 is 29.4 Å². The minimum absolute atomic E-state index is 0.119. The van der Waals surface area contributed by atoms with Gasteiger partial charge < -0.3 is 43.4 Å². The van der Waals surface area contributed by atoms with Crippen molar-refractivity contribution in [1.82, 2.24) is 16.0 Å². The number of carboxylic acid groups (broad SMARTS) is 1. The van der Waals surface area contributed by atoms with Crippen LogP contribution in [-0.4, -0.2) is 77.2 Å². The molecule has 0 aromatic rings. The van der Waals surface area contributed by atoms with E-state index in [0.29, 0.717) is 6.42 Å². The average Bonchev–Trinajstić information content (AvgIpc) is 2.70. The topological polar surface area (TPSA) is 235 Å². The van der Waals surface area contributed by atoms with E-state index in [0.717, 1.165) is 0 Å². The molecule has 0 aliphatic heterocycles. The van der Waals surface area contributed by atoms with Crippen LogP contribution < -0.4 is 33.2 Å². The Kier molecular flexibility index (Phi) is 12.9. The van der Waals surface area contributed by atoms with E-state index in [4.69, 9.17) is 17.2 Å². The van der Waals surface area contributed by atoms with Crippen LogP contribution in [0.15, 0.2) is 4.99 Å². The largest absolute Gasteiger partial charge is 0.480 e. The van der Waals surface area contributed by atoms with Gasteiger partial charge in [-0.1, -0.05) is 27.7 Å². The lowest BCUT2D eigenvalue weighted by Crippen LogP contribution is -2.58. The van der Waals surface area contributed by atoms with Gasteiger partial charge in [0, 0.05) is 6.54 Å². The first kappa shape index (κ1) is 29.1. The minimum atomic E-state index is -1.42. The van der Waals surface area contributed by atoms with Crippen LogP contribution in [0.2, 0.25) is 0 Å². The highest BCUT2D eigenvalue weighted by Gasteiger charge is 2.31. The molecular formula is C19H37N7O6. The lowest BCUT2D eigenvalue weighted by atomic mass is 10.0. The standard InChI is InChI=1S/C19H37N7O6/c1-9(2)13(20)17(30)24-11(6-5-7-23-19(21)22)15(28)25-12(8-27)16(29)26-14(10(3)4)18(31)32/h9-14,27H,5-8,20H2,1-4H3,(H,24,30)(H,25,28)(H,26,29)(H,31,32)(H4,21,22,23). The van der Waals surface area contributed by atoms with Gasteiger partial charge in [-0.2, -0.15) is 0 Å². The van der Waals surface area contributed by atoms with Crippen LogP contribution >= 0.6 is 0 Å². The maximum Gasteiger partial charge on any atom is 0.326 e. The van der Waals surface area contributed by atoms with E-state index in [2.05, 4.69) is 20.9 Å². The number of rotatable bonds is 14. The maximum atomic E-state index is 12.8. The second kappa shape index (κ2) is 14.2. The van der Waals surface area contributed by atoms with Crippen LogP contribution in [0.1, 0.15) is 40.5 Å². The summed E-state index contributed by atoms with van der Waals surface area (Å²) >= 11 is 0. The fraction of sp³-hybridized carbons (Fsp3) is 0.737. The molecule has 13 nitrogen and oxygen atoms in total. The predicted molar refractivity (Wildman–Crippen MR) is 118 cm³/mol. The Hall–Kier alpha value is -2.93. The van der Waals surface area contributed by atoms with E-state index in [9.17, 15) is 29.4 Å². The number of aliphatic hydroxyl groups is 1. The second-order valence-electron chi connectivity index (χ2n) is 8.09. The third kappa shape index (κ3) is 10.4. The number of carbonyl (C=O) groups excluding carboxylic acids is 3. The van der Waals surface area contributed by atoms with Crippen molar-refractivity contribution in [2.45, 2.75) is 64.7 Å². The first-order valence-corrected chi connectivity index (χ1v) is 10.4. The smallest absolute Gasteiger partial charge is 0.326 e. The van der Waals surface area contributed by atoms with Crippen LogP contribution in [0, 0.1) is 11.8 Å². The number of hydrogen-bond donors (Lipinski definition) is 8. The van der Waals surface area contributed by atoms with Crippen molar-refractivity contribution in [3.8, 4) is 0 Å². The molecule has 184 valence electrons. The fourth-order valence-electron chi connectivity index (χ4n) is 2.58. The summed E-state index contributed by atoms with van der Waals surface area (Å²) in [7, 11) is 0. The molecule has 32 heavy (non-hydrogen) atoms. The number of aliphatic imine (C=N–C) groups is 1. The molecule has 0 aromatic carbocycles. The Morgan fingerprint density at radius 2 is 1.41 bits per heavy atom. The monoisotopic (exact) mass is 459 g/mol. The maximum absolute atomic E-state index is 12.8. The summed E-state index contributed by atoms with van der Waals surface area (Å²) in [6, 6.07) is -4.56. The quantitative estimate of drug-likeness (QED) is 0.0760. The Morgan fingerprint density at radius 1 is 0.875 bits per heavy atom. The molecule has 0 fully saturated rings. The molecule has 0 heterocycles. The van der Waals surface area contributed by atoms with Crippen molar-refractivity contribution in [3.63, 3.8) is 0 Å². The minimum Gasteiger partial charge on any atom is -0.480 e. The Balaban J connectivity index is 5.34. The number of nitrogens with one attached hydrogen (secondary N) is 3. The number of aliphatic carboxylic acids is 1. The molecule has 3 amide bonds.